The molecular formula is C25H43IN6O. The van der Waals surface area contributed by atoms with E-state index in [1.807, 2.05) is 18.2 Å². The first-order valence-electron chi connectivity index (χ1n) is 12.3. The maximum absolute atomic E-state index is 11.9. The number of guanidine groups is 1. The predicted molar refractivity (Wildman–Crippen MR) is 148 cm³/mol. The van der Waals surface area contributed by atoms with Crippen molar-refractivity contribution < 1.29 is 4.79 Å². The molecule has 2 saturated heterocycles. The van der Waals surface area contributed by atoms with Gasteiger partial charge in [0.05, 0.1) is 6.54 Å². The van der Waals surface area contributed by atoms with E-state index in [2.05, 4.69) is 45.8 Å². The van der Waals surface area contributed by atoms with E-state index in [9.17, 15) is 4.79 Å². The van der Waals surface area contributed by atoms with Gasteiger partial charge >= 0.3 is 0 Å². The molecule has 0 aromatic heterocycles. The van der Waals surface area contributed by atoms with Gasteiger partial charge in [0.25, 0.3) is 5.91 Å². The van der Waals surface area contributed by atoms with E-state index < -0.39 is 0 Å². The Hall–Kier alpha value is -1.39. The summed E-state index contributed by atoms with van der Waals surface area (Å²) in [5, 5.41) is 9.62. The van der Waals surface area contributed by atoms with E-state index in [-0.39, 0.29) is 35.4 Å². The molecule has 0 atom stereocenters. The molecule has 3 N–H and O–H groups in total. The van der Waals surface area contributed by atoms with Crippen LogP contribution in [0.1, 0.15) is 54.9 Å². The van der Waals surface area contributed by atoms with Gasteiger partial charge in [-0.15, -0.1) is 24.0 Å². The Morgan fingerprint density at radius 3 is 2.48 bits per heavy atom. The second kappa shape index (κ2) is 14.1. The van der Waals surface area contributed by atoms with Crippen LogP contribution in [0.2, 0.25) is 0 Å². The van der Waals surface area contributed by atoms with Gasteiger partial charge in [-0.2, -0.15) is 0 Å². The summed E-state index contributed by atoms with van der Waals surface area (Å²) in [7, 11) is 3.89. The van der Waals surface area contributed by atoms with Crippen LogP contribution in [0.15, 0.2) is 29.3 Å². The highest BCUT2D eigenvalue weighted by Crippen LogP contribution is 2.31. The number of hydrogen-bond acceptors (Lipinski definition) is 4. The molecule has 0 bridgehead atoms. The molecule has 2 aliphatic heterocycles. The topological polar surface area (TPSA) is 72.0 Å². The molecule has 186 valence electrons. The summed E-state index contributed by atoms with van der Waals surface area (Å²) in [5.41, 5.74) is 2.04. The van der Waals surface area contributed by atoms with Crippen LogP contribution in [0, 0.1) is 0 Å². The number of amides is 1. The quantitative estimate of drug-likeness (QED) is 0.255. The van der Waals surface area contributed by atoms with Gasteiger partial charge in [0.1, 0.15) is 0 Å². The van der Waals surface area contributed by atoms with Gasteiger partial charge < -0.3 is 20.9 Å². The standard InChI is InChI=1S/C25H42N6O.HI/c1-4-27-24(28-14-11-21-9-8-10-22(19-21)23(32)26-2)29-20-25(12-17-30(3)18-13-25)31-15-6-5-7-16-31;/h8-10,19H,4-7,11-18,20H2,1-3H3,(H,26,32)(H2,27,28,29);1H. The van der Waals surface area contributed by atoms with Crippen LogP contribution in [0.4, 0.5) is 0 Å². The average Bonchev–Trinajstić information content (AvgIpc) is 2.84. The number of benzene rings is 1. The van der Waals surface area contributed by atoms with Crippen molar-refractivity contribution in [2.75, 3.05) is 59.9 Å². The smallest absolute Gasteiger partial charge is 0.251 e. The highest BCUT2D eigenvalue weighted by Gasteiger charge is 2.39. The molecule has 0 spiro atoms. The molecule has 8 heteroatoms. The molecule has 2 fully saturated rings. The highest BCUT2D eigenvalue weighted by atomic mass is 127. The number of likely N-dealkylation sites (tertiary alicyclic amines) is 2. The fourth-order valence-electron chi connectivity index (χ4n) is 4.88. The number of hydrogen-bond donors (Lipinski definition) is 3. The van der Waals surface area contributed by atoms with Crippen molar-refractivity contribution in [3.05, 3.63) is 35.4 Å². The van der Waals surface area contributed by atoms with E-state index >= 15 is 0 Å². The third-order valence-corrected chi connectivity index (χ3v) is 6.94. The number of rotatable bonds is 8. The van der Waals surface area contributed by atoms with E-state index in [1.54, 1.807) is 7.05 Å². The highest BCUT2D eigenvalue weighted by molar-refractivity contribution is 14.0. The van der Waals surface area contributed by atoms with Crippen molar-refractivity contribution in [2.24, 2.45) is 4.99 Å². The summed E-state index contributed by atoms with van der Waals surface area (Å²) in [6.07, 6.45) is 7.22. The van der Waals surface area contributed by atoms with E-state index in [4.69, 9.17) is 4.99 Å². The van der Waals surface area contributed by atoms with Crippen LogP contribution in [0.25, 0.3) is 0 Å². The average molecular weight is 571 g/mol. The van der Waals surface area contributed by atoms with Crippen molar-refractivity contribution in [1.29, 1.82) is 0 Å². The Labute approximate surface area is 217 Å². The van der Waals surface area contributed by atoms with Crippen LogP contribution in [-0.2, 0) is 6.42 Å². The van der Waals surface area contributed by atoms with Crippen molar-refractivity contribution in [3.8, 4) is 0 Å². The fraction of sp³-hybridized carbons (Fsp3) is 0.680. The summed E-state index contributed by atoms with van der Waals surface area (Å²) >= 11 is 0. The van der Waals surface area contributed by atoms with Crippen LogP contribution >= 0.6 is 24.0 Å². The Balaban J connectivity index is 0.00000385. The number of carbonyl (C=O) groups is 1. The summed E-state index contributed by atoms with van der Waals surface area (Å²) < 4.78 is 0. The van der Waals surface area contributed by atoms with E-state index in [0.717, 1.165) is 50.7 Å². The first kappa shape index (κ1) is 27.9. The second-order valence-electron chi connectivity index (χ2n) is 9.23. The monoisotopic (exact) mass is 570 g/mol. The number of halogens is 1. The van der Waals surface area contributed by atoms with Gasteiger partial charge in [0, 0.05) is 31.2 Å². The molecule has 7 nitrogen and oxygen atoms in total. The maximum Gasteiger partial charge on any atom is 0.251 e. The van der Waals surface area contributed by atoms with Gasteiger partial charge in [0.15, 0.2) is 5.96 Å². The molecule has 0 unspecified atom stereocenters. The number of piperidine rings is 2. The minimum atomic E-state index is -0.0455. The number of nitrogens with one attached hydrogen (secondary N) is 3. The van der Waals surface area contributed by atoms with Gasteiger partial charge in [-0.05, 0) is 90.0 Å². The molecule has 0 aliphatic carbocycles. The molecule has 1 aromatic carbocycles. The first-order chi connectivity index (χ1) is 15.6. The fourth-order valence-corrected chi connectivity index (χ4v) is 4.88. The third-order valence-electron chi connectivity index (χ3n) is 6.94. The minimum Gasteiger partial charge on any atom is -0.357 e. The summed E-state index contributed by atoms with van der Waals surface area (Å²) in [4.78, 5) is 22.1. The zero-order valence-corrected chi connectivity index (χ0v) is 23.0. The van der Waals surface area contributed by atoms with E-state index in [0.29, 0.717) is 5.56 Å². The Morgan fingerprint density at radius 1 is 1.09 bits per heavy atom. The molecule has 0 saturated carbocycles. The number of carbonyl (C=O) groups excluding carboxylic acids is 1. The molecular weight excluding hydrogens is 527 g/mol. The normalized spacial score (nSPS) is 19.4. The van der Waals surface area contributed by atoms with Crippen LogP contribution < -0.4 is 16.0 Å². The lowest BCUT2D eigenvalue weighted by molar-refractivity contribution is 0.0208. The predicted octanol–water partition coefficient (Wildman–Crippen LogP) is 2.71. The van der Waals surface area contributed by atoms with Crippen molar-refractivity contribution in [1.82, 2.24) is 25.8 Å². The second-order valence-corrected chi connectivity index (χ2v) is 9.23. The van der Waals surface area contributed by atoms with Crippen LogP contribution in [0.5, 0.6) is 0 Å². The molecule has 1 aromatic rings. The van der Waals surface area contributed by atoms with Crippen molar-refractivity contribution in [2.45, 2.75) is 51.0 Å². The Bertz CT molecular complexity index is 757. The maximum atomic E-state index is 11.9. The van der Waals surface area contributed by atoms with Crippen LogP contribution in [0.3, 0.4) is 0 Å². The van der Waals surface area contributed by atoms with Gasteiger partial charge in [-0.25, -0.2) is 0 Å². The first-order valence-corrected chi connectivity index (χ1v) is 12.3. The molecule has 3 rings (SSSR count). The van der Waals surface area contributed by atoms with Crippen molar-refractivity contribution in [3.63, 3.8) is 0 Å². The lowest BCUT2D eigenvalue weighted by atomic mass is 9.84. The molecule has 0 radical (unpaired) electrons. The SMILES string of the molecule is CCNC(=NCC1(N2CCCCC2)CCN(C)CC1)NCCc1cccc(C(=O)NC)c1.I. The zero-order chi connectivity index (χ0) is 22.8. The lowest BCUT2D eigenvalue weighted by Crippen LogP contribution is -2.58. The molecule has 33 heavy (non-hydrogen) atoms. The van der Waals surface area contributed by atoms with Crippen LogP contribution in [-0.4, -0.2) is 87.1 Å². The Morgan fingerprint density at radius 2 is 1.82 bits per heavy atom. The summed E-state index contributed by atoms with van der Waals surface area (Å²) in [5.74, 6) is 0.848. The van der Waals surface area contributed by atoms with Gasteiger partial charge in [0.2, 0.25) is 0 Å². The number of nitrogens with zero attached hydrogens (tertiary/aromatic N) is 3. The van der Waals surface area contributed by atoms with Gasteiger partial charge in [-0.3, -0.25) is 14.7 Å². The molecule has 2 heterocycles. The zero-order valence-electron chi connectivity index (χ0n) is 20.7. The molecule has 2 aliphatic rings. The third kappa shape index (κ3) is 8.10. The van der Waals surface area contributed by atoms with Gasteiger partial charge in [-0.1, -0.05) is 18.6 Å². The van der Waals surface area contributed by atoms with Crippen molar-refractivity contribution >= 4 is 35.8 Å². The summed E-state index contributed by atoms with van der Waals surface area (Å²) in [6.45, 7) is 9.31. The van der Waals surface area contributed by atoms with E-state index in [1.165, 1.54) is 45.2 Å². The lowest BCUT2D eigenvalue weighted by Gasteiger charge is -2.49. The largest absolute Gasteiger partial charge is 0.357 e. The summed E-state index contributed by atoms with van der Waals surface area (Å²) in [6, 6.07) is 7.83. The Kier molecular flexibility index (Phi) is 11.9. The number of aliphatic imine (C=N–C) groups is 1. The minimum absolute atomic E-state index is 0. The molecule has 1 amide bonds.